The normalized spacial score (nSPS) is 17.5. The number of amides is 1. The van der Waals surface area contributed by atoms with E-state index in [2.05, 4.69) is 10.2 Å². The quantitative estimate of drug-likeness (QED) is 0.913. The highest BCUT2D eigenvalue weighted by atomic mass is 16.3. The summed E-state index contributed by atoms with van der Waals surface area (Å²) in [4.78, 5) is 14.2. The molecule has 1 fully saturated rings. The topological polar surface area (TPSA) is 69.2 Å². The van der Waals surface area contributed by atoms with E-state index in [0.29, 0.717) is 18.8 Å². The van der Waals surface area contributed by atoms with E-state index < -0.39 is 6.10 Å². The standard InChI is InChI=1S/C17H21N3O2/c1-12-11-15(19-18-12)17(22)20-9-7-14(8-10-20)16(21)13-5-3-2-4-6-13/h2-6,11,14,16,21H,7-10H2,1H3,(H,18,19). The summed E-state index contributed by atoms with van der Waals surface area (Å²) >= 11 is 0. The van der Waals surface area contributed by atoms with Gasteiger partial charge in [-0.1, -0.05) is 30.3 Å². The third kappa shape index (κ3) is 3.04. The number of rotatable bonds is 3. The van der Waals surface area contributed by atoms with Crippen LogP contribution in [0.4, 0.5) is 0 Å². The van der Waals surface area contributed by atoms with Gasteiger partial charge in [-0.2, -0.15) is 5.10 Å². The van der Waals surface area contributed by atoms with Gasteiger partial charge in [-0.05, 0) is 37.3 Å². The van der Waals surface area contributed by atoms with Crippen LogP contribution in [0.5, 0.6) is 0 Å². The van der Waals surface area contributed by atoms with Crippen LogP contribution in [-0.2, 0) is 0 Å². The van der Waals surface area contributed by atoms with Gasteiger partial charge in [0.2, 0.25) is 0 Å². The Balaban J connectivity index is 1.59. The minimum absolute atomic E-state index is 0.0306. The third-order valence-electron chi connectivity index (χ3n) is 4.34. The van der Waals surface area contributed by atoms with Crippen molar-refractivity contribution in [3.8, 4) is 0 Å². The number of piperidine rings is 1. The fraction of sp³-hybridized carbons (Fsp3) is 0.412. The van der Waals surface area contributed by atoms with Gasteiger partial charge in [0.1, 0.15) is 5.69 Å². The maximum atomic E-state index is 12.3. The van der Waals surface area contributed by atoms with Crippen molar-refractivity contribution in [2.24, 2.45) is 5.92 Å². The number of hydrogen-bond donors (Lipinski definition) is 2. The Bertz CT molecular complexity index is 630. The first-order chi connectivity index (χ1) is 10.6. The molecule has 0 bridgehead atoms. The molecule has 1 aromatic carbocycles. The van der Waals surface area contributed by atoms with Gasteiger partial charge < -0.3 is 10.0 Å². The second kappa shape index (κ2) is 6.32. The first-order valence-corrected chi connectivity index (χ1v) is 7.69. The molecule has 3 rings (SSSR count). The molecule has 1 atom stereocenters. The van der Waals surface area contributed by atoms with Crippen LogP contribution in [0.15, 0.2) is 36.4 Å². The number of nitrogens with one attached hydrogen (secondary N) is 1. The number of hydrogen-bond acceptors (Lipinski definition) is 3. The summed E-state index contributed by atoms with van der Waals surface area (Å²) < 4.78 is 0. The van der Waals surface area contributed by atoms with E-state index in [9.17, 15) is 9.90 Å². The number of aryl methyl sites for hydroxylation is 1. The third-order valence-corrected chi connectivity index (χ3v) is 4.34. The molecule has 116 valence electrons. The molecule has 0 saturated carbocycles. The van der Waals surface area contributed by atoms with Crippen LogP contribution in [0.1, 0.15) is 40.7 Å². The number of aliphatic hydroxyl groups is 1. The monoisotopic (exact) mass is 299 g/mol. The lowest BCUT2D eigenvalue weighted by Gasteiger charge is -2.34. The molecule has 1 aliphatic rings. The minimum atomic E-state index is -0.453. The summed E-state index contributed by atoms with van der Waals surface area (Å²) in [6.07, 6.45) is 1.17. The van der Waals surface area contributed by atoms with Gasteiger partial charge in [0.25, 0.3) is 5.91 Å². The van der Waals surface area contributed by atoms with E-state index in [0.717, 1.165) is 24.1 Å². The van der Waals surface area contributed by atoms with Crippen LogP contribution in [-0.4, -0.2) is 39.2 Å². The lowest BCUT2D eigenvalue weighted by atomic mass is 9.87. The zero-order valence-electron chi connectivity index (χ0n) is 12.7. The molecule has 5 nitrogen and oxygen atoms in total. The second-order valence-electron chi connectivity index (χ2n) is 5.92. The van der Waals surface area contributed by atoms with Crippen molar-refractivity contribution in [2.75, 3.05) is 13.1 Å². The Morgan fingerprint density at radius 1 is 1.32 bits per heavy atom. The molecular formula is C17H21N3O2. The summed E-state index contributed by atoms with van der Waals surface area (Å²) in [7, 11) is 0. The molecule has 2 N–H and O–H groups in total. The first-order valence-electron chi connectivity index (χ1n) is 7.69. The van der Waals surface area contributed by atoms with Crippen molar-refractivity contribution in [1.82, 2.24) is 15.1 Å². The molecule has 1 saturated heterocycles. The van der Waals surface area contributed by atoms with Gasteiger partial charge in [0.05, 0.1) is 6.10 Å². The highest BCUT2D eigenvalue weighted by Gasteiger charge is 2.29. The van der Waals surface area contributed by atoms with E-state index in [1.807, 2.05) is 42.2 Å². The maximum Gasteiger partial charge on any atom is 0.274 e. The number of aromatic nitrogens is 2. The number of carbonyl (C=O) groups is 1. The highest BCUT2D eigenvalue weighted by molar-refractivity contribution is 5.92. The molecule has 5 heteroatoms. The largest absolute Gasteiger partial charge is 0.388 e. The van der Waals surface area contributed by atoms with Crippen molar-refractivity contribution in [1.29, 1.82) is 0 Å². The minimum Gasteiger partial charge on any atom is -0.388 e. The number of H-pyrrole nitrogens is 1. The molecule has 1 amide bonds. The zero-order valence-corrected chi connectivity index (χ0v) is 12.7. The average Bonchev–Trinajstić information content (AvgIpc) is 3.01. The van der Waals surface area contributed by atoms with E-state index >= 15 is 0 Å². The smallest absolute Gasteiger partial charge is 0.274 e. The van der Waals surface area contributed by atoms with Crippen LogP contribution in [0, 0.1) is 12.8 Å². The molecule has 0 radical (unpaired) electrons. The van der Waals surface area contributed by atoms with Crippen LogP contribution >= 0.6 is 0 Å². The lowest BCUT2D eigenvalue weighted by molar-refractivity contribution is 0.0458. The molecule has 22 heavy (non-hydrogen) atoms. The van der Waals surface area contributed by atoms with Gasteiger partial charge in [0.15, 0.2) is 0 Å². The zero-order chi connectivity index (χ0) is 15.5. The summed E-state index contributed by atoms with van der Waals surface area (Å²) in [6, 6.07) is 11.5. The van der Waals surface area contributed by atoms with Gasteiger partial charge >= 0.3 is 0 Å². The number of aromatic amines is 1. The fourth-order valence-corrected chi connectivity index (χ4v) is 3.03. The Kier molecular flexibility index (Phi) is 4.24. The summed E-state index contributed by atoms with van der Waals surface area (Å²) in [5, 5.41) is 17.3. The number of benzene rings is 1. The molecular weight excluding hydrogens is 278 g/mol. The molecule has 0 spiro atoms. The first kappa shape index (κ1) is 14.8. The Morgan fingerprint density at radius 2 is 2.00 bits per heavy atom. The molecule has 0 aliphatic carbocycles. The van der Waals surface area contributed by atoms with E-state index in [1.54, 1.807) is 6.07 Å². The lowest BCUT2D eigenvalue weighted by Crippen LogP contribution is -2.40. The fourth-order valence-electron chi connectivity index (χ4n) is 3.03. The maximum absolute atomic E-state index is 12.3. The molecule has 2 heterocycles. The van der Waals surface area contributed by atoms with E-state index in [-0.39, 0.29) is 11.8 Å². The number of nitrogens with zero attached hydrogens (tertiary/aromatic N) is 2. The van der Waals surface area contributed by atoms with E-state index in [4.69, 9.17) is 0 Å². The van der Waals surface area contributed by atoms with Crippen molar-refractivity contribution in [2.45, 2.75) is 25.9 Å². The number of carbonyl (C=O) groups excluding carboxylic acids is 1. The Labute approximate surface area is 130 Å². The molecule has 2 aromatic rings. The van der Waals surface area contributed by atoms with Crippen molar-refractivity contribution in [3.05, 3.63) is 53.3 Å². The summed E-state index contributed by atoms with van der Waals surface area (Å²) in [6.45, 7) is 3.21. The average molecular weight is 299 g/mol. The van der Waals surface area contributed by atoms with Crippen LogP contribution in [0.2, 0.25) is 0 Å². The Hall–Kier alpha value is -2.14. The number of aliphatic hydroxyl groups excluding tert-OH is 1. The predicted octanol–water partition coefficient (Wildman–Crippen LogP) is 2.30. The molecule has 1 aromatic heterocycles. The second-order valence-corrected chi connectivity index (χ2v) is 5.92. The number of likely N-dealkylation sites (tertiary alicyclic amines) is 1. The van der Waals surface area contributed by atoms with Crippen LogP contribution in [0.25, 0.3) is 0 Å². The van der Waals surface area contributed by atoms with E-state index in [1.165, 1.54) is 0 Å². The Morgan fingerprint density at radius 3 is 2.59 bits per heavy atom. The van der Waals surface area contributed by atoms with Crippen LogP contribution < -0.4 is 0 Å². The summed E-state index contributed by atoms with van der Waals surface area (Å²) in [5.74, 6) is 0.171. The van der Waals surface area contributed by atoms with Crippen molar-refractivity contribution < 1.29 is 9.90 Å². The van der Waals surface area contributed by atoms with Gasteiger partial charge in [-0.15, -0.1) is 0 Å². The molecule has 1 unspecified atom stereocenters. The summed E-state index contributed by atoms with van der Waals surface area (Å²) in [5.41, 5.74) is 2.31. The predicted molar refractivity (Wildman–Crippen MR) is 83.4 cm³/mol. The van der Waals surface area contributed by atoms with Gasteiger partial charge in [0, 0.05) is 18.8 Å². The van der Waals surface area contributed by atoms with Crippen molar-refractivity contribution in [3.63, 3.8) is 0 Å². The van der Waals surface area contributed by atoms with Gasteiger partial charge in [-0.3, -0.25) is 9.89 Å². The van der Waals surface area contributed by atoms with Crippen molar-refractivity contribution >= 4 is 5.91 Å². The highest BCUT2D eigenvalue weighted by Crippen LogP contribution is 2.30. The SMILES string of the molecule is Cc1cc(C(=O)N2CCC(C(O)c3ccccc3)CC2)n[nH]1. The van der Waals surface area contributed by atoms with Gasteiger partial charge in [-0.25, -0.2) is 0 Å². The molecule has 1 aliphatic heterocycles. The van der Waals surface area contributed by atoms with Crippen LogP contribution in [0.3, 0.4) is 0 Å².